The maximum Gasteiger partial charge on any atom is 0.341 e. The molecule has 0 unspecified atom stereocenters. The Balaban J connectivity index is 3.07. The van der Waals surface area contributed by atoms with Gasteiger partial charge in [-0.05, 0) is 30.7 Å². The molecule has 0 N–H and O–H groups in total. The van der Waals surface area contributed by atoms with E-state index in [2.05, 4.69) is 4.74 Å². The lowest BCUT2D eigenvalue weighted by Gasteiger charge is -2.01. The van der Waals surface area contributed by atoms with Gasteiger partial charge in [-0.1, -0.05) is 23.7 Å². The van der Waals surface area contributed by atoms with Crippen molar-refractivity contribution < 1.29 is 14.3 Å². The maximum absolute atomic E-state index is 11.3. The first-order valence-electron chi connectivity index (χ1n) is 4.61. The molecule has 0 heterocycles. The topological polar surface area (TPSA) is 43.4 Å². The number of Topliss-reactive ketones (excluding diaryl/α,β-unsaturated/α-hetero) is 1. The van der Waals surface area contributed by atoms with Crippen molar-refractivity contribution in [2.75, 3.05) is 7.11 Å². The number of rotatable bonds is 3. The molecule has 4 heteroatoms. The Hall–Kier alpha value is -1.61. The summed E-state index contributed by atoms with van der Waals surface area (Å²) in [6.07, 6.45) is 1.48. The van der Waals surface area contributed by atoms with Crippen LogP contribution in [0.3, 0.4) is 0 Å². The molecule has 1 aromatic rings. The van der Waals surface area contributed by atoms with E-state index in [0.29, 0.717) is 5.02 Å². The minimum atomic E-state index is -0.637. The number of methoxy groups -OCH3 is 1. The molecule has 0 bridgehead atoms. The van der Waals surface area contributed by atoms with Crippen LogP contribution in [-0.4, -0.2) is 18.9 Å². The van der Waals surface area contributed by atoms with E-state index >= 15 is 0 Å². The fourth-order valence-electron chi connectivity index (χ4n) is 1.14. The van der Waals surface area contributed by atoms with E-state index in [-0.39, 0.29) is 11.4 Å². The zero-order valence-corrected chi connectivity index (χ0v) is 9.75. The summed E-state index contributed by atoms with van der Waals surface area (Å²) in [6.45, 7) is 1.32. The van der Waals surface area contributed by atoms with Crippen LogP contribution in [0.5, 0.6) is 0 Å². The van der Waals surface area contributed by atoms with Gasteiger partial charge in [0.2, 0.25) is 0 Å². The number of benzene rings is 1. The molecule has 0 aliphatic heterocycles. The van der Waals surface area contributed by atoms with Gasteiger partial charge >= 0.3 is 5.97 Å². The highest BCUT2D eigenvalue weighted by molar-refractivity contribution is 6.30. The molecule has 0 fully saturated rings. The smallest absolute Gasteiger partial charge is 0.341 e. The van der Waals surface area contributed by atoms with Gasteiger partial charge < -0.3 is 4.74 Å². The summed E-state index contributed by atoms with van der Waals surface area (Å²) in [5.41, 5.74) is 0.741. The van der Waals surface area contributed by atoms with E-state index < -0.39 is 5.97 Å². The Morgan fingerprint density at radius 3 is 2.25 bits per heavy atom. The fraction of sp³-hybridized carbons (Fsp3) is 0.167. The lowest BCUT2D eigenvalue weighted by molar-refractivity contribution is -0.137. The summed E-state index contributed by atoms with van der Waals surface area (Å²) in [4.78, 5) is 22.5. The average Bonchev–Trinajstić information content (AvgIpc) is 2.27. The molecule has 16 heavy (non-hydrogen) atoms. The Kier molecular flexibility index (Phi) is 4.26. The number of carbonyl (C=O) groups excluding carboxylic acids is 2. The number of ketones is 1. The molecule has 84 valence electrons. The highest BCUT2D eigenvalue weighted by Crippen LogP contribution is 2.13. The zero-order chi connectivity index (χ0) is 12.1. The summed E-state index contributed by atoms with van der Waals surface area (Å²) in [5, 5.41) is 0.597. The van der Waals surface area contributed by atoms with Crippen LogP contribution in [0.1, 0.15) is 12.5 Å². The van der Waals surface area contributed by atoms with Gasteiger partial charge in [-0.25, -0.2) is 4.79 Å². The van der Waals surface area contributed by atoms with E-state index in [1.807, 2.05) is 0 Å². The number of carbonyl (C=O) groups is 2. The summed E-state index contributed by atoms with van der Waals surface area (Å²) in [7, 11) is 1.24. The number of halogens is 1. The molecular weight excluding hydrogens is 228 g/mol. The minimum Gasteiger partial charge on any atom is -0.465 e. The molecule has 0 amide bonds. The molecule has 0 saturated carbocycles. The normalized spacial score (nSPS) is 11.1. The van der Waals surface area contributed by atoms with Gasteiger partial charge in [0.15, 0.2) is 5.78 Å². The van der Waals surface area contributed by atoms with Crippen LogP contribution in [0.2, 0.25) is 5.02 Å². The van der Waals surface area contributed by atoms with Crippen molar-refractivity contribution in [3.63, 3.8) is 0 Å². The second kappa shape index (κ2) is 5.47. The first kappa shape index (κ1) is 12.5. The van der Waals surface area contributed by atoms with Crippen molar-refractivity contribution >= 4 is 29.4 Å². The lowest BCUT2D eigenvalue weighted by atomic mass is 10.1. The molecule has 0 aliphatic carbocycles. The predicted octanol–water partition coefficient (Wildman–Crippen LogP) is 2.49. The van der Waals surface area contributed by atoms with Crippen molar-refractivity contribution in [2.45, 2.75) is 6.92 Å². The van der Waals surface area contributed by atoms with Crippen molar-refractivity contribution in [3.05, 3.63) is 40.4 Å². The largest absolute Gasteiger partial charge is 0.465 e. The van der Waals surface area contributed by atoms with E-state index in [1.165, 1.54) is 20.1 Å². The first-order chi connectivity index (χ1) is 7.54. The van der Waals surface area contributed by atoms with Gasteiger partial charge in [0, 0.05) is 5.02 Å². The number of hydrogen-bond acceptors (Lipinski definition) is 3. The van der Waals surface area contributed by atoms with Gasteiger partial charge in [-0.2, -0.15) is 0 Å². The van der Waals surface area contributed by atoms with Crippen LogP contribution in [0.4, 0.5) is 0 Å². The van der Waals surface area contributed by atoms with Crippen LogP contribution < -0.4 is 0 Å². The Morgan fingerprint density at radius 1 is 1.25 bits per heavy atom. The van der Waals surface area contributed by atoms with Gasteiger partial charge in [-0.3, -0.25) is 4.79 Å². The Labute approximate surface area is 98.7 Å². The fourth-order valence-corrected chi connectivity index (χ4v) is 1.27. The Morgan fingerprint density at radius 2 is 1.81 bits per heavy atom. The van der Waals surface area contributed by atoms with Crippen molar-refractivity contribution in [3.8, 4) is 0 Å². The highest BCUT2D eigenvalue weighted by atomic mass is 35.5. The van der Waals surface area contributed by atoms with E-state index in [0.717, 1.165) is 5.56 Å². The van der Waals surface area contributed by atoms with Crippen LogP contribution >= 0.6 is 11.6 Å². The number of hydrogen-bond donors (Lipinski definition) is 0. The number of esters is 1. The minimum absolute atomic E-state index is 0.0184. The van der Waals surface area contributed by atoms with Crippen molar-refractivity contribution in [2.24, 2.45) is 0 Å². The van der Waals surface area contributed by atoms with Crippen LogP contribution in [0, 0.1) is 0 Å². The molecule has 3 nitrogen and oxygen atoms in total. The van der Waals surface area contributed by atoms with Gasteiger partial charge in [-0.15, -0.1) is 0 Å². The molecule has 0 atom stereocenters. The van der Waals surface area contributed by atoms with Crippen LogP contribution in [0.15, 0.2) is 29.8 Å². The quantitative estimate of drug-likeness (QED) is 0.352. The molecule has 0 aromatic heterocycles. The molecular formula is C12H11ClO3. The molecule has 1 aromatic carbocycles. The van der Waals surface area contributed by atoms with Gasteiger partial charge in [0.25, 0.3) is 0 Å². The van der Waals surface area contributed by atoms with Crippen LogP contribution in [-0.2, 0) is 14.3 Å². The lowest BCUT2D eigenvalue weighted by Crippen LogP contribution is -2.11. The summed E-state index contributed by atoms with van der Waals surface area (Å²) >= 11 is 5.72. The third-order valence-corrected chi connectivity index (χ3v) is 2.22. The molecule has 0 spiro atoms. The molecule has 0 radical (unpaired) electrons. The number of ether oxygens (including phenoxy) is 1. The van der Waals surface area contributed by atoms with Gasteiger partial charge in [0.05, 0.1) is 7.11 Å². The Bertz CT molecular complexity index is 432. The summed E-state index contributed by atoms with van der Waals surface area (Å²) in [6, 6.07) is 6.80. The van der Waals surface area contributed by atoms with E-state index in [9.17, 15) is 9.59 Å². The first-order valence-corrected chi connectivity index (χ1v) is 4.99. The molecule has 1 rings (SSSR count). The van der Waals surface area contributed by atoms with E-state index in [4.69, 9.17) is 11.6 Å². The predicted molar refractivity (Wildman–Crippen MR) is 62.1 cm³/mol. The molecule has 0 aliphatic rings. The monoisotopic (exact) mass is 238 g/mol. The third kappa shape index (κ3) is 3.21. The van der Waals surface area contributed by atoms with Crippen molar-refractivity contribution in [1.29, 1.82) is 0 Å². The maximum atomic E-state index is 11.3. The van der Waals surface area contributed by atoms with Gasteiger partial charge in [0.1, 0.15) is 5.57 Å². The van der Waals surface area contributed by atoms with E-state index in [1.54, 1.807) is 24.3 Å². The third-order valence-electron chi connectivity index (χ3n) is 1.97. The second-order valence-electron chi connectivity index (χ2n) is 3.16. The highest BCUT2D eigenvalue weighted by Gasteiger charge is 2.14. The second-order valence-corrected chi connectivity index (χ2v) is 3.59. The standard InChI is InChI=1S/C12H11ClO3/c1-8(14)11(12(15)16-2)7-9-3-5-10(13)6-4-9/h3-7H,1-2H3/b11-7-. The zero-order valence-electron chi connectivity index (χ0n) is 8.99. The average molecular weight is 239 g/mol. The summed E-state index contributed by atoms with van der Waals surface area (Å²) in [5.74, 6) is -0.968. The SMILES string of the molecule is COC(=O)/C(=C\c1ccc(Cl)cc1)C(C)=O. The van der Waals surface area contributed by atoms with Crippen molar-refractivity contribution in [1.82, 2.24) is 0 Å². The summed E-state index contributed by atoms with van der Waals surface area (Å²) < 4.78 is 4.52. The van der Waals surface area contributed by atoms with Crippen LogP contribution in [0.25, 0.3) is 6.08 Å². The molecule has 0 saturated heterocycles.